The van der Waals surface area contributed by atoms with Crippen LogP contribution >= 0.6 is 11.3 Å². The summed E-state index contributed by atoms with van der Waals surface area (Å²) >= 11 is 1.44. The Morgan fingerprint density at radius 1 is 1.50 bits per heavy atom. The molecule has 0 atom stereocenters. The highest BCUT2D eigenvalue weighted by molar-refractivity contribution is 7.10. The van der Waals surface area contributed by atoms with Gasteiger partial charge in [-0.2, -0.15) is 0 Å². The Balaban J connectivity index is 1.76. The summed E-state index contributed by atoms with van der Waals surface area (Å²) in [5, 5.41) is 24.3. The van der Waals surface area contributed by atoms with E-state index in [9.17, 15) is 9.90 Å². The summed E-state index contributed by atoms with van der Waals surface area (Å²) in [5.41, 5.74) is -0.243. The summed E-state index contributed by atoms with van der Waals surface area (Å²) in [6.07, 6.45) is 5.15. The third-order valence-electron chi connectivity index (χ3n) is 4.27. The molecule has 1 saturated carbocycles. The zero-order valence-corrected chi connectivity index (χ0v) is 12.7. The number of aliphatic hydroxyl groups is 1. The van der Waals surface area contributed by atoms with E-state index in [4.69, 9.17) is 5.11 Å². The van der Waals surface area contributed by atoms with Gasteiger partial charge in [-0.1, -0.05) is 13.3 Å². The summed E-state index contributed by atoms with van der Waals surface area (Å²) in [6.45, 7) is 3.42. The molecule has 1 fully saturated rings. The standard InChI is InChI=1S/C15H23NO3S/c1-2-11-3-5-15(19,6-4-11)10-16-8-13-7-12(9-20-13)14(17)18/h7,9,11,16,19H,2-6,8,10H2,1H3,(H,17,18). The van der Waals surface area contributed by atoms with Crippen molar-refractivity contribution in [3.63, 3.8) is 0 Å². The van der Waals surface area contributed by atoms with Gasteiger partial charge in [-0.3, -0.25) is 0 Å². The summed E-state index contributed by atoms with van der Waals surface area (Å²) in [7, 11) is 0. The van der Waals surface area contributed by atoms with Gasteiger partial charge in [0.15, 0.2) is 0 Å². The second-order valence-corrected chi connectivity index (χ2v) is 6.78. The lowest BCUT2D eigenvalue weighted by molar-refractivity contribution is -0.00877. The lowest BCUT2D eigenvalue weighted by Crippen LogP contribution is -2.43. The van der Waals surface area contributed by atoms with Crippen LogP contribution in [0.2, 0.25) is 0 Å². The molecule has 1 heterocycles. The van der Waals surface area contributed by atoms with Crippen LogP contribution in [0.25, 0.3) is 0 Å². The molecule has 0 saturated heterocycles. The molecule has 4 nitrogen and oxygen atoms in total. The van der Waals surface area contributed by atoms with Gasteiger partial charge >= 0.3 is 5.97 Å². The molecule has 1 aromatic rings. The van der Waals surface area contributed by atoms with Gasteiger partial charge in [0.1, 0.15) is 0 Å². The smallest absolute Gasteiger partial charge is 0.336 e. The average molecular weight is 297 g/mol. The van der Waals surface area contributed by atoms with Gasteiger partial charge in [0.25, 0.3) is 0 Å². The number of thiophene rings is 1. The quantitative estimate of drug-likeness (QED) is 0.755. The van der Waals surface area contributed by atoms with Crippen molar-refractivity contribution in [3.8, 4) is 0 Å². The van der Waals surface area contributed by atoms with Crippen LogP contribution in [0.5, 0.6) is 0 Å². The first-order valence-electron chi connectivity index (χ1n) is 7.26. The van der Waals surface area contributed by atoms with E-state index in [-0.39, 0.29) is 0 Å². The van der Waals surface area contributed by atoms with Crippen LogP contribution in [0, 0.1) is 5.92 Å². The number of rotatable bonds is 6. The predicted molar refractivity (Wildman–Crippen MR) is 80.2 cm³/mol. The number of carboxylic acid groups (broad SMARTS) is 1. The minimum absolute atomic E-state index is 0.342. The van der Waals surface area contributed by atoms with E-state index in [1.165, 1.54) is 17.8 Å². The van der Waals surface area contributed by atoms with Gasteiger partial charge in [-0.15, -0.1) is 11.3 Å². The van der Waals surface area contributed by atoms with Gasteiger partial charge in [0.2, 0.25) is 0 Å². The average Bonchev–Trinajstić information content (AvgIpc) is 2.89. The third kappa shape index (κ3) is 4.04. The van der Waals surface area contributed by atoms with Crippen LogP contribution in [0.15, 0.2) is 11.4 Å². The highest BCUT2D eigenvalue weighted by atomic mass is 32.1. The molecule has 1 aliphatic carbocycles. The van der Waals surface area contributed by atoms with Crippen LogP contribution in [-0.2, 0) is 6.54 Å². The normalized spacial score (nSPS) is 26.6. The molecule has 20 heavy (non-hydrogen) atoms. The summed E-state index contributed by atoms with van der Waals surface area (Å²) in [6, 6.07) is 1.69. The van der Waals surface area contributed by atoms with E-state index in [1.54, 1.807) is 11.4 Å². The van der Waals surface area contributed by atoms with Crippen LogP contribution < -0.4 is 5.32 Å². The van der Waals surface area contributed by atoms with Crippen LogP contribution in [0.4, 0.5) is 0 Å². The molecule has 0 bridgehead atoms. The van der Waals surface area contributed by atoms with Crippen LogP contribution in [-0.4, -0.2) is 28.3 Å². The maximum atomic E-state index is 10.8. The van der Waals surface area contributed by atoms with Crippen molar-refractivity contribution in [1.82, 2.24) is 5.32 Å². The minimum atomic E-state index is -0.885. The van der Waals surface area contributed by atoms with Crippen molar-refractivity contribution in [2.75, 3.05) is 6.54 Å². The molecule has 3 N–H and O–H groups in total. The molecule has 5 heteroatoms. The van der Waals surface area contributed by atoms with Crippen molar-refractivity contribution in [2.45, 2.75) is 51.2 Å². The Bertz CT molecular complexity index is 450. The van der Waals surface area contributed by atoms with E-state index < -0.39 is 11.6 Å². The third-order valence-corrected chi connectivity index (χ3v) is 5.20. The Morgan fingerprint density at radius 3 is 2.75 bits per heavy atom. The monoisotopic (exact) mass is 297 g/mol. The first-order valence-corrected chi connectivity index (χ1v) is 8.14. The lowest BCUT2D eigenvalue weighted by atomic mass is 9.78. The van der Waals surface area contributed by atoms with Gasteiger partial charge in [0, 0.05) is 23.3 Å². The molecule has 0 aromatic carbocycles. The van der Waals surface area contributed by atoms with Crippen LogP contribution in [0.1, 0.15) is 54.3 Å². The van der Waals surface area contributed by atoms with Crippen molar-refractivity contribution in [2.24, 2.45) is 5.92 Å². The zero-order chi connectivity index (χ0) is 14.6. The van der Waals surface area contributed by atoms with Crippen molar-refractivity contribution < 1.29 is 15.0 Å². The lowest BCUT2D eigenvalue weighted by Gasteiger charge is -2.36. The van der Waals surface area contributed by atoms with Gasteiger partial charge in [-0.25, -0.2) is 4.79 Å². The molecule has 0 radical (unpaired) electrons. The Morgan fingerprint density at radius 2 is 2.20 bits per heavy atom. The highest BCUT2D eigenvalue weighted by Gasteiger charge is 2.32. The molecule has 0 amide bonds. The number of carboxylic acids is 1. The highest BCUT2D eigenvalue weighted by Crippen LogP contribution is 2.33. The fraction of sp³-hybridized carbons (Fsp3) is 0.667. The first-order chi connectivity index (χ1) is 9.52. The van der Waals surface area contributed by atoms with E-state index in [0.717, 1.165) is 36.5 Å². The van der Waals surface area contributed by atoms with Gasteiger partial charge < -0.3 is 15.5 Å². The van der Waals surface area contributed by atoms with Gasteiger partial charge in [0.05, 0.1) is 11.2 Å². The first kappa shape index (κ1) is 15.5. The Labute approximate surface area is 123 Å². The number of nitrogens with one attached hydrogen (secondary N) is 1. The molecule has 0 aliphatic heterocycles. The molecular weight excluding hydrogens is 274 g/mol. The van der Waals surface area contributed by atoms with Crippen molar-refractivity contribution in [3.05, 3.63) is 21.9 Å². The van der Waals surface area contributed by atoms with E-state index in [0.29, 0.717) is 18.7 Å². The molecule has 0 unspecified atom stereocenters. The fourth-order valence-electron chi connectivity index (χ4n) is 2.80. The Kier molecular flexibility index (Phi) is 5.18. The summed E-state index contributed by atoms with van der Waals surface area (Å²) in [4.78, 5) is 11.8. The second-order valence-electron chi connectivity index (χ2n) is 5.79. The van der Waals surface area contributed by atoms with Crippen LogP contribution in [0.3, 0.4) is 0 Å². The molecule has 112 valence electrons. The van der Waals surface area contributed by atoms with E-state index >= 15 is 0 Å². The number of carbonyl (C=O) groups is 1. The molecule has 2 rings (SSSR count). The summed E-state index contributed by atoms with van der Waals surface area (Å²) < 4.78 is 0. The van der Waals surface area contributed by atoms with Gasteiger partial charge in [-0.05, 0) is 37.7 Å². The SMILES string of the molecule is CCC1CCC(O)(CNCc2cc(C(=O)O)cs2)CC1. The number of aromatic carboxylic acids is 1. The largest absolute Gasteiger partial charge is 0.478 e. The molecule has 1 aromatic heterocycles. The minimum Gasteiger partial charge on any atom is -0.478 e. The maximum Gasteiger partial charge on any atom is 0.336 e. The summed E-state index contributed by atoms with van der Waals surface area (Å²) in [5.74, 6) is -0.116. The second kappa shape index (κ2) is 6.70. The number of hydrogen-bond donors (Lipinski definition) is 3. The molecule has 1 aliphatic rings. The Hall–Kier alpha value is -0.910. The topological polar surface area (TPSA) is 69.6 Å². The fourth-order valence-corrected chi connectivity index (χ4v) is 3.63. The number of hydrogen-bond acceptors (Lipinski definition) is 4. The molecule has 0 spiro atoms. The van der Waals surface area contributed by atoms with Crippen molar-refractivity contribution >= 4 is 17.3 Å². The molecular formula is C15H23NO3S. The van der Waals surface area contributed by atoms with Crippen molar-refractivity contribution in [1.29, 1.82) is 0 Å². The maximum absolute atomic E-state index is 10.8. The van der Waals surface area contributed by atoms with E-state index in [2.05, 4.69) is 12.2 Å². The predicted octanol–water partition coefficient (Wildman–Crippen LogP) is 2.87. The zero-order valence-electron chi connectivity index (χ0n) is 11.9. The van der Waals surface area contributed by atoms with E-state index in [1.807, 2.05) is 0 Å².